The first kappa shape index (κ1) is 23.1. The van der Waals surface area contributed by atoms with Crippen molar-refractivity contribution in [2.45, 2.75) is 10.7 Å². The van der Waals surface area contributed by atoms with Crippen molar-refractivity contribution in [1.82, 2.24) is 5.32 Å². The third-order valence-electron chi connectivity index (χ3n) is 3.31. The number of allylic oxidation sites excluding steroid dienone is 1. The number of ketones is 1. The average Bonchev–Trinajstić information content (AvgIpc) is 2.63. The standard InChI is InChI=1S/C12H10B.C7H9Cl3N2O2/c1-3-7-11(8-4-1)13-12-9-5-2-6-10-12;1-3(13)4(6(14)12-2)5(11)7(8,9)10/h1-10H;11H2,1-2H3,(H,12,14)/b;5-4-. The predicted molar refractivity (Wildman–Crippen MR) is 114 cm³/mol. The zero-order valence-corrected chi connectivity index (χ0v) is 17.1. The molecule has 0 aliphatic heterocycles. The Bertz CT molecular complexity index is 754. The summed E-state index contributed by atoms with van der Waals surface area (Å²) in [6.45, 7) is 1.16. The maximum Gasteiger partial charge on any atom is 0.256 e. The lowest BCUT2D eigenvalue weighted by Crippen LogP contribution is -2.31. The van der Waals surface area contributed by atoms with Crippen LogP contribution >= 0.6 is 34.8 Å². The van der Waals surface area contributed by atoms with Crippen molar-refractivity contribution in [2.75, 3.05) is 7.05 Å². The summed E-state index contributed by atoms with van der Waals surface area (Å²) >= 11 is 16.3. The molecule has 0 saturated heterocycles. The highest BCUT2D eigenvalue weighted by Crippen LogP contribution is 2.33. The summed E-state index contributed by atoms with van der Waals surface area (Å²) in [7, 11) is 3.51. The normalized spacial score (nSPS) is 11.4. The van der Waals surface area contributed by atoms with Crippen LogP contribution in [-0.4, -0.2) is 29.8 Å². The topological polar surface area (TPSA) is 72.2 Å². The van der Waals surface area contributed by atoms with Crippen molar-refractivity contribution >= 4 is 64.7 Å². The fourth-order valence-corrected chi connectivity index (χ4v) is 2.31. The van der Waals surface area contributed by atoms with Crippen molar-refractivity contribution in [2.24, 2.45) is 5.73 Å². The number of benzene rings is 2. The number of nitrogens with one attached hydrogen (secondary N) is 1. The highest BCUT2D eigenvalue weighted by Gasteiger charge is 2.31. The van der Waals surface area contributed by atoms with Crippen LogP contribution in [0.15, 0.2) is 71.9 Å². The second-order valence-electron chi connectivity index (χ2n) is 5.39. The summed E-state index contributed by atoms with van der Waals surface area (Å²) in [6, 6.07) is 20.7. The molecular weight excluding hydrogens is 405 g/mol. The molecule has 0 aromatic heterocycles. The van der Waals surface area contributed by atoms with Gasteiger partial charge >= 0.3 is 0 Å². The molecule has 2 aromatic carbocycles. The monoisotopic (exact) mass is 423 g/mol. The molecule has 0 saturated carbocycles. The van der Waals surface area contributed by atoms with E-state index in [1.165, 1.54) is 18.0 Å². The molecular formula is C19H19BCl3N2O2. The predicted octanol–water partition coefficient (Wildman–Crippen LogP) is 2.25. The number of carbonyl (C=O) groups excluding carboxylic acids is 2. The van der Waals surface area contributed by atoms with Gasteiger partial charge in [-0.05, 0) is 6.92 Å². The van der Waals surface area contributed by atoms with Gasteiger partial charge in [-0.1, -0.05) is 106 Å². The summed E-state index contributed by atoms with van der Waals surface area (Å²) in [5.41, 5.74) is 7.14. The van der Waals surface area contributed by atoms with Crippen molar-refractivity contribution in [3.63, 3.8) is 0 Å². The molecule has 0 bridgehead atoms. The number of alkyl halides is 3. The van der Waals surface area contributed by atoms with Crippen LogP contribution in [0, 0.1) is 0 Å². The Morgan fingerprint density at radius 2 is 1.33 bits per heavy atom. The van der Waals surface area contributed by atoms with Crippen molar-refractivity contribution in [3.05, 3.63) is 71.9 Å². The average molecular weight is 425 g/mol. The molecule has 0 heterocycles. The molecule has 3 N–H and O–H groups in total. The molecule has 1 radical (unpaired) electrons. The number of nitrogens with two attached hydrogens (primary N) is 1. The Balaban J connectivity index is 0.000000270. The number of carbonyl (C=O) groups is 2. The Labute approximate surface area is 174 Å². The largest absolute Gasteiger partial charge is 0.398 e. The Kier molecular flexibility index (Phi) is 9.43. The van der Waals surface area contributed by atoms with Crippen LogP contribution in [0.1, 0.15) is 6.92 Å². The summed E-state index contributed by atoms with van der Waals surface area (Å²) in [5.74, 6) is -1.24. The number of rotatable bonds is 4. The van der Waals surface area contributed by atoms with Gasteiger partial charge in [0.2, 0.25) is 3.79 Å². The van der Waals surface area contributed by atoms with E-state index in [9.17, 15) is 9.59 Å². The van der Waals surface area contributed by atoms with Crippen molar-refractivity contribution < 1.29 is 9.59 Å². The van der Waals surface area contributed by atoms with E-state index in [1.807, 2.05) is 12.1 Å². The number of likely N-dealkylation sites (N-methyl/N-ethyl adjacent to an activating group) is 1. The number of halogens is 3. The fraction of sp³-hybridized carbons (Fsp3) is 0.158. The second-order valence-corrected chi connectivity index (χ2v) is 7.67. The van der Waals surface area contributed by atoms with E-state index in [0.29, 0.717) is 0 Å². The van der Waals surface area contributed by atoms with Crippen LogP contribution in [0.3, 0.4) is 0 Å². The van der Waals surface area contributed by atoms with Gasteiger partial charge in [-0.25, -0.2) is 0 Å². The lowest BCUT2D eigenvalue weighted by atomic mass is 9.64. The SMILES string of the molecule is CNC(=O)/C(C(C)=O)=C(\N)C(Cl)(Cl)Cl.[B](c1ccccc1)c1ccccc1. The van der Waals surface area contributed by atoms with E-state index in [4.69, 9.17) is 40.5 Å². The van der Waals surface area contributed by atoms with Gasteiger partial charge in [-0.2, -0.15) is 0 Å². The van der Waals surface area contributed by atoms with Gasteiger partial charge in [-0.3, -0.25) is 9.59 Å². The summed E-state index contributed by atoms with van der Waals surface area (Å²) in [6.07, 6.45) is 0. The van der Waals surface area contributed by atoms with Gasteiger partial charge in [0.1, 0.15) is 5.57 Å². The fourth-order valence-electron chi connectivity index (χ4n) is 2.03. The molecule has 0 fully saturated rings. The van der Waals surface area contributed by atoms with E-state index in [-0.39, 0.29) is 11.3 Å². The first-order valence-electron chi connectivity index (χ1n) is 7.91. The quantitative estimate of drug-likeness (QED) is 0.260. The third-order valence-corrected chi connectivity index (χ3v) is 3.92. The molecule has 2 aromatic rings. The minimum atomic E-state index is -1.96. The van der Waals surface area contributed by atoms with Crippen molar-refractivity contribution in [1.29, 1.82) is 0 Å². The summed E-state index contributed by atoms with van der Waals surface area (Å²) < 4.78 is -1.96. The van der Waals surface area contributed by atoms with E-state index in [0.717, 1.165) is 6.92 Å². The maximum absolute atomic E-state index is 11.2. The molecule has 0 aliphatic carbocycles. The molecule has 141 valence electrons. The lowest BCUT2D eigenvalue weighted by Gasteiger charge is -2.14. The Morgan fingerprint density at radius 3 is 1.63 bits per heavy atom. The van der Waals surface area contributed by atoms with Gasteiger partial charge in [-0.15, -0.1) is 0 Å². The van der Waals surface area contributed by atoms with E-state index < -0.39 is 15.5 Å². The maximum atomic E-state index is 11.2. The van der Waals surface area contributed by atoms with Crippen molar-refractivity contribution in [3.8, 4) is 0 Å². The minimum absolute atomic E-state index is 0.340. The van der Waals surface area contributed by atoms with Crippen LogP contribution in [0.25, 0.3) is 0 Å². The summed E-state index contributed by atoms with van der Waals surface area (Å²) in [5, 5.41) is 2.23. The third kappa shape index (κ3) is 8.08. The first-order chi connectivity index (χ1) is 12.7. The highest BCUT2D eigenvalue weighted by molar-refractivity contribution is 6.69. The second kappa shape index (κ2) is 11.0. The summed E-state index contributed by atoms with van der Waals surface area (Å²) in [4.78, 5) is 22.3. The minimum Gasteiger partial charge on any atom is -0.398 e. The number of amides is 1. The van der Waals surface area contributed by atoms with Crippen LogP contribution in [0.2, 0.25) is 0 Å². The van der Waals surface area contributed by atoms with E-state index >= 15 is 0 Å². The molecule has 0 aliphatic rings. The Hall–Kier alpha value is -1.95. The van der Waals surface area contributed by atoms with Gasteiger partial charge in [0.15, 0.2) is 13.1 Å². The zero-order chi connectivity index (χ0) is 20.4. The molecule has 0 spiro atoms. The molecule has 0 unspecified atom stereocenters. The first-order valence-corrected chi connectivity index (χ1v) is 9.05. The molecule has 4 nitrogen and oxygen atoms in total. The van der Waals surface area contributed by atoms with E-state index in [1.54, 1.807) is 0 Å². The molecule has 8 heteroatoms. The lowest BCUT2D eigenvalue weighted by molar-refractivity contribution is -0.121. The number of hydrogen-bond acceptors (Lipinski definition) is 3. The molecule has 2 rings (SSSR count). The number of Topliss-reactive ketones (excluding diaryl/α,β-unsaturated/α-hetero) is 1. The smallest absolute Gasteiger partial charge is 0.256 e. The Morgan fingerprint density at radius 1 is 0.926 bits per heavy atom. The van der Waals surface area contributed by atoms with Crippen LogP contribution in [-0.2, 0) is 9.59 Å². The van der Waals surface area contributed by atoms with E-state index in [2.05, 4.69) is 61.1 Å². The molecule has 0 atom stereocenters. The van der Waals surface area contributed by atoms with Crippen LogP contribution < -0.4 is 22.0 Å². The van der Waals surface area contributed by atoms with Gasteiger partial charge in [0.25, 0.3) is 5.91 Å². The van der Waals surface area contributed by atoms with Gasteiger partial charge in [0.05, 0.1) is 5.70 Å². The van der Waals surface area contributed by atoms with Gasteiger partial charge in [0, 0.05) is 7.05 Å². The van der Waals surface area contributed by atoms with Gasteiger partial charge < -0.3 is 11.1 Å². The van der Waals surface area contributed by atoms with Crippen LogP contribution in [0.4, 0.5) is 0 Å². The van der Waals surface area contributed by atoms with Crippen LogP contribution in [0.5, 0.6) is 0 Å². The number of hydrogen-bond donors (Lipinski definition) is 2. The highest BCUT2D eigenvalue weighted by atomic mass is 35.6. The zero-order valence-electron chi connectivity index (χ0n) is 14.9. The molecule has 1 amide bonds. The molecule has 27 heavy (non-hydrogen) atoms.